The number of rotatable bonds is 26. The second-order valence-electron chi connectivity index (χ2n) is 11.2. The first kappa shape index (κ1) is 35.5. The van der Waals surface area contributed by atoms with E-state index in [1.165, 1.54) is 103 Å². The number of nitrogens with one attached hydrogen (secondary N) is 1. The van der Waals surface area contributed by atoms with E-state index in [0.717, 1.165) is 24.2 Å². The van der Waals surface area contributed by atoms with Gasteiger partial charge in [-0.2, -0.15) is 5.26 Å². The van der Waals surface area contributed by atoms with Gasteiger partial charge in [0.1, 0.15) is 24.3 Å². The predicted octanol–water partition coefficient (Wildman–Crippen LogP) is 7.45. The van der Waals surface area contributed by atoms with Gasteiger partial charge in [0.05, 0.1) is 13.2 Å². The molecule has 10 heteroatoms. The maximum absolute atomic E-state index is 10.2. The molecule has 41 heavy (non-hydrogen) atoms. The van der Waals surface area contributed by atoms with Gasteiger partial charge in [0.25, 0.3) is 0 Å². The number of amidine groups is 1. The SMILES string of the molecule is CCCCCCCCCCCCCCCCCCCOP(O)OCC(C#N)(CCc1ccc2n1NCN=C2N)OC. The molecule has 1 aliphatic rings. The lowest BCUT2D eigenvalue weighted by atomic mass is 9.99. The Morgan fingerprint density at radius 2 is 1.51 bits per heavy atom. The first-order chi connectivity index (χ1) is 20.0. The first-order valence-electron chi connectivity index (χ1n) is 16.0. The summed E-state index contributed by atoms with van der Waals surface area (Å²) >= 11 is 0. The molecule has 4 N–H and O–H groups in total. The van der Waals surface area contributed by atoms with Crippen LogP contribution in [0.4, 0.5) is 0 Å². The van der Waals surface area contributed by atoms with E-state index in [9.17, 15) is 10.2 Å². The normalized spacial score (nSPS) is 15.0. The number of aromatic nitrogens is 1. The Morgan fingerprint density at radius 3 is 2.05 bits per heavy atom. The molecule has 0 aliphatic carbocycles. The van der Waals surface area contributed by atoms with Crippen LogP contribution in [0, 0.1) is 11.3 Å². The van der Waals surface area contributed by atoms with Crippen molar-refractivity contribution in [3.63, 3.8) is 0 Å². The number of hydrogen-bond donors (Lipinski definition) is 3. The van der Waals surface area contributed by atoms with E-state index in [4.69, 9.17) is 19.5 Å². The first-order valence-corrected chi connectivity index (χ1v) is 17.1. The molecule has 0 radical (unpaired) electrons. The summed E-state index contributed by atoms with van der Waals surface area (Å²) in [7, 11) is -0.564. The molecule has 0 aromatic carbocycles. The van der Waals surface area contributed by atoms with Crippen LogP contribution in [0.25, 0.3) is 0 Å². The zero-order chi connectivity index (χ0) is 29.6. The van der Waals surface area contributed by atoms with E-state index in [-0.39, 0.29) is 6.61 Å². The highest BCUT2D eigenvalue weighted by atomic mass is 31.2. The second-order valence-corrected chi connectivity index (χ2v) is 12.2. The monoisotopic (exact) mass is 593 g/mol. The maximum atomic E-state index is 10.2. The number of nitrogens with two attached hydrogens (primary N) is 1. The molecule has 0 bridgehead atoms. The Kier molecular flexibility index (Phi) is 19.0. The fourth-order valence-electron chi connectivity index (χ4n) is 5.20. The van der Waals surface area contributed by atoms with Crippen molar-refractivity contribution in [2.45, 2.75) is 135 Å². The highest BCUT2D eigenvalue weighted by Gasteiger charge is 2.32. The summed E-state index contributed by atoms with van der Waals surface area (Å²) < 4.78 is 18.4. The van der Waals surface area contributed by atoms with Crippen molar-refractivity contribution in [3.8, 4) is 6.07 Å². The topological polar surface area (TPSA) is 127 Å². The standard InChI is InChI=1S/C31H56N5O4P/c1-3-4-5-6-7-8-9-10-11-12-13-14-15-16-17-18-19-24-39-41(37)40-26-31(25-32,38-2)23-22-28-20-21-29-30(33)34-27-35-36(28)29/h20-21,35,37H,3-19,22-24,26-27H2,1-2H3,(H2,33,34). The average molecular weight is 594 g/mol. The predicted molar refractivity (Wildman–Crippen MR) is 168 cm³/mol. The van der Waals surface area contributed by atoms with Crippen molar-refractivity contribution in [1.29, 1.82) is 5.26 Å². The molecule has 2 unspecified atom stereocenters. The molecule has 234 valence electrons. The van der Waals surface area contributed by atoms with Crippen molar-refractivity contribution in [2.24, 2.45) is 10.7 Å². The van der Waals surface area contributed by atoms with Crippen LogP contribution in [0.2, 0.25) is 0 Å². The van der Waals surface area contributed by atoms with Crippen LogP contribution in [0.1, 0.15) is 134 Å². The number of nitriles is 1. The molecule has 1 aromatic heterocycles. The van der Waals surface area contributed by atoms with Gasteiger partial charge < -0.3 is 29.8 Å². The molecule has 0 fully saturated rings. The quantitative estimate of drug-likeness (QED) is 0.0752. The Labute approximate surface area is 250 Å². The van der Waals surface area contributed by atoms with Gasteiger partial charge in [-0.1, -0.05) is 110 Å². The van der Waals surface area contributed by atoms with Crippen LogP contribution >= 0.6 is 8.60 Å². The van der Waals surface area contributed by atoms with Crippen LogP contribution in [-0.2, 0) is 20.2 Å². The fraction of sp³-hybridized carbons (Fsp3) is 0.806. The van der Waals surface area contributed by atoms with Crippen LogP contribution in [0.15, 0.2) is 17.1 Å². The minimum Gasteiger partial charge on any atom is -0.382 e. The highest BCUT2D eigenvalue weighted by molar-refractivity contribution is 7.40. The van der Waals surface area contributed by atoms with Crippen molar-refractivity contribution in [1.82, 2.24) is 4.68 Å². The summed E-state index contributed by atoms with van der Waals surface area (Å²) in [6.45, 7) is 3.08. The van der Waals surface area contributed by atoms with Crippen LogP contribution in [0.5, 0.6) is 0 Å². The van der Waals surface area contributed by atoms with E-state index in [1.807, 2.05) is 16.8 Å². The molecule has 0 saturated heterocycles. The number of fused-ring (bicyclic) bond motifs is 1. The van der Waals surface area contributed by atoms with E-state index in [1.54, 1.807) is 0 Å². The molecular formula is C31H56N5O4P. The van der Waals surface area contributed by atoms with Gasteiger partial charge in [-0.15, -0.1) is 0 Å². The average Bonchev–Trinajstić information content (AvgIpc) is 3.41. The Balaban J connectivity index is 1.45. The summed E-state index contributed by atoms with van der Waals surface area (Å²) in [6, 6.07) is 6.07. The van der Waals surface area contributed by atoms with Gasteiger partial charge >= 0.3 is 8.60 Å². The largest absolute Gasteiger partial charge is 0.382 e. The van der Waals surface area contributed by atoms with Crippen molar-refractivity contribution in [2.75, 3.05) is 32.4 Å². The van der Waals surface area contributed by atoms with Crippen LogP contribution < -0.4 is 11.2 Å². The molecule has 0 amide bonds. The minimum absolute atomic E-state index is 0.0636. The smallest absolute Gasteiger partial charge is 0.329 e. The van der Waals surface area contributed by atoms with Gasteiger partial charge in [0.15, 0.2) is 5.60 Å². The van der Waals surface area contributed by atoms with Crippen LogP contribution in [-0.4, -0.2) is 48.0 Å². The number of methoxy groups -OCH3 is 1. The summed E-state index contributed by atoms with van der Waals surface area (Å²) in [6.07, 6.45) is 23.5. The molecule has 2 rings (SSSR count). The summed E-state index contributed by atoms with van der Waals surface area (Å²) in [4.78, 5) is 14.4. The third kappa shape index (κ3) is 14.4. The van der Waals surface area contributed by atoms with Gasteiger partial charge in [-0.05, 0) is 31.4 Å². The van der Waals surface area contributed by atoms with Crippen LogP contribution in [0.3, 0.4) is 0 Å². The van der Waals surface area contributed by atoms with Gasteiger partial charge in [0, 0.05) is 12.8 Å². The number of unbranched alkanes of at least 4 members (excludes halogenated alkanes) is 16. The molecule has 9 nitrogen and oxygen atoms in total. The molecule has 0 spiro atoms. The number of aryl methyl sites for hydroxylation is 1. The Hall–Kier alpha value is -1.69. The zero-order valence-electron chi connectivity index (χ0n) is 25.7. The van der Waals surface area contributed by atoms with Crippen molar-refractivity contribution < 1.29 is 18.7 Å². The molecule has 2 atom stereocenters. The van der Waals surface area contributed by atoms with E-state index >= 15 is 0 Å². The Morgan fingerprint density at radius 1 is 0.951 bits per heavy atom. The lowest BCUT2D eigenvalue weighted by molar-refractivity contribution is -0.0108. The minimum atomic E-state index is -2.05. The third-order valence-corrected chi connectivity index (χ3v) is 8.69. The summed E-state index contributed by atoms with van der Waals surface area (Å²) in [5.74, 6) is 0.485. The molecule has 0 saturated carbocycles. The van der Waals surface area contributed by atoms with E-state index < -0.39 is 14.2 Å². The molecular weight excluding hydrogens is 537 g/mol. The fourth-order valence-corrected chi connectivity index (χ4v) is 5.88. The summed E-state index contributed by atoms with van der Waals surface area (Å²) in [5.41, 5.74) is 9.71. The highest BCUT2D eigenvalue weighted by Crippen LogP contribution is 2.35. The summed E-state index contributed by atoms with van der Waals surface area (Å²) in [5, 5.41) is 9.81. The molecule has 1 aliphatic heterocycles. The maximum Gasteiger partial charge on any atom is 0.329 e. The lowest BCUT2D eigenvalue weighted by Crippen LogP contribution is -2.36. The van der Waals surface area contributed by atoms with Gasteiger partial charge in [-0.25, -0.2) is 4.99 Å². The third-order valence-electron chi connectivity index (χ3n) is 7.94. The number of aliphatic imine (C=N–C) groups is 1. The number of hydrogen-bond acceptors (Lipinski definition) is 8. The second kappa shape index (κ2) is 21.9. The van der Waals surface area contributed by atoms with E-state index in [0.29, 0.717) is 32.0 Å². The number of nitrogens with zero attached hydrogens (tertiary/aromatic N) is 3. The van der Waals surface area contributed by atoms with Gasteiger partial charge in [0.2, 0.25) is 0 Å². The lowest BCUT2D eigenvalue weighted by Gasteiger charge is -2.26. The molecule has 2 heterocycles. The van der Waals surface area contributed by atoms with Gasteiger partial charge in [-0.3, -0.25) is 4.68 Å². The van der Waals surface area contributed by atoms with Crippen molar-refractivity contribution in [3.05, 3.63) is 23.5 Å². The van der Waals surface area contributed by atoms with Crippen molar-refractivity contribution >= 4 is 14.4 Å². The Bertz CT molecular complexity index is 890. The zero-order valence-corrected chi connectivity index (χ0v) is 26.6. The molecule has 1 aromatic rings. The number of ether oxygens (including phenoxy) is 1. The van der Waals surface area contributed by atoms with E-state index in [2.05, 4.69) is 23.4 Å².